The topological polar surface area (TPSA) is 0 Å². The van der Waals surface area contributed by atoms with E-state index in [4.69, 9.17) is 0 Å². The summed E-state index contributed by atoms with van der Waals surface area (Å²) in [4.78, 5) is 0. The van der Waals surface area contributed by atoms with Gasteiger partial charge in [-0.1, -0.05) is 49.3 Å². The second kappa shape index (κ2) is 6.19. The molecule has 4 rings (SSSR count). The summed E-state index contributed by atoms with van der Waals surface area (Å²) in [5.41, 5.74) is 12.4. The Kier molecular flexibility index (Phi) is 4.72. The first-order valence-electron chi connectivity index (χ1n) is 9.52. The van der Waals surface area contributed by atoms with E-state index >= 15 is 0 Å². The molecule has 1 heteroatoms. The average molecular weight is 497 g/mol. The molecule has 0 amide bonds. The predicted molar refractivity (Wildman–Crippen MR) is 104 cm³/mol. The first-order chi connectivity index (χ1) is 11.3. The number of aryl methyl sites for hydroxylation is 2. The molecule has 0 fully saturated rings. The monoisotopic (exact) mass is 498 g/mol. The number of rotatable bonds is 1. The zero-order chi connectivity index (χ0) is 17.3. The van der Waals surface area contributed by atoms with E-state index in [1.807, 2.05) is 0 Å². The summed E-state index contributed by atoms with van der Waals surface area (Å²) in [6.45, 7) is 14.2. The maximum Gasteiger partial charge on any atom is 0.0241 e. The zero-order valence-corrected chi connectivity index (χ0v) is 20.2. The van der Waals surface area contributed by atoms with Crippen molar-refractivity contribution < 1.29 is 25.8 Å². The van der Waals surface area contributed by atoms with Gasteiger partial charge in [-0.2, -0.15) is 0 Å². The van der Waals surface area contributed by atoms with Gasteiger partial charge in [-0.25, -0.2) is 0 Å². The van der Waals surface area contributed by atoms with Gasteiger partial charge in [0.1, 0.15) is 0 Å². The smallest absolute Gasteiger partial charge is 0.0241 e. The van der Waals surface area contributed by atoms with Gasteiger partial charge in [-0.3, -0.25) is 0 Å². The van der Waals surface area contributed by atoms with Crippen molar-refractivity contribution in [2.45, 2.75) is 72.6 Å². The molecule has 1 aromatic rings. The molecule has 130 valence electrons. The van der Waals surface area contributed by atoms with Crippen LogP contribution in [0.3, 0.4) is 0 Å². The van der Waals surface area contributed by atoms with Crippen LogP contribution in [-0.2, 0) is 44.1 Å². The second-order valence-electron chi connectivity index (χ2n) is 8.58. The number of hydrogen-bond acceptors (Lipinski definition) is 0. The molecule has 0 nitrogen and oxygen atoms in total. The van der Waals surface area contributed by atoms with Crippen molar-refractivity contribution in [1.82, 2.24) is 0 Å². The minimum absolute atomic E-state index is 0. The molecule has 3 aliphatic carbocycles. The first kappa shape index (κ1) is 19.1. The summed E-state index contributed by atoms with van der Waals surface area (Å²) in [6.07, 6.45) is 10.1. The molecule has 0 heterocycles. The van der Waals surface area contributed by atoms with Gasteiger partial charge < -0.3 is 0 Å². The Morgan fingerprint density at radius 1 is 0.800 bits per heavy atom. The Morgan fingerprint density at radius 2 is 1.32 bits per heavy atom. The average Bonchev–Trinajstić information content (AvgIpc) is 3.00. The van der Waals surface area contributed by atoms with Crippen LogP contribution in [0.1, 0.15) is 76.6 Å². The number of hydrogen-bond donors (Lipinski definition) is 0. The largest absolute Gasteiger partial charge is 0.0724 e. The molecular formula is C24H30Hf. The summed E-state index contributed by atoms with van der Waals surface area (Å²) in [5.74, 6) is 0. The minimum Gasteiger partial charge on any atom is -0.0724 e. The third-order valence-electron chi connectivity index (χ3n) is 7.90. The van der Waals surface area contributed by atoms with Crippen LogP contribution in [0.15, 0.2) is 40.5 Å². The maximum absolute atomic E-state index is 2.55. The van der Waals surface area contributed by atoms with Gasteiger partial charge in [0.25, 0.3) is 0 Å². The van der Waals surface area contributed by atoms with E-state index in [-0.39, 0.29) is 36.7 Å². The van der Waals surface area contributed by atoms with Gasteiger partial charge in [0.05, 0.1) is 0 Å². The van der Waals surface area contributed by atoms with Crippen LogP contribution in [0.25, 0.3) is 6.08 Å². The van der Waals surface area contributed by atoms with Crippen molar-refractivity contribution in [2.24, 2.45) is 5.41 Å². The van der Waals surface area contributed by atoms with Crippen molar-refractivity contribution in [3.63, 3.8) is 0 Å². The predicted octanol–water partition coefficient (Wildman–Crippen LogP) is 6.54. The number of benzene rings is 1. The SMILES string of the molecule is CC1=C(C)C(C)(C2(C)C=Cc3cc4c(cc32)CCCC4)C(C)=C1C.[Hf]. The molecule has 1 unspecified atom stereocenters. The summed E-state index contributed by atoms with van der Waals surface area (Å²) in [7, 11) is 0. The van der Waals surface area contributed by atoms with E-state index in [9.17, 15) is 0 Å². The fourth-order valence-electron chi connectivity index (χ4n) is 5.55. The van der Waals surface area contributed by atoms with E-state index in [0.29, 0.717) is 0 Å². The van der Waals surface area contributed by atoms with Gasteiger partial charge in [-0.15, -0.1) is 0 Å². The molecule has 0 N–H and O–H groups in total. The van der Waals surface area contributed by atoms with Crippen molar-refractivity contribution in [2.75, 3.05) is 0 Å². The maximum atomic E-state index is 2.55. The van der Waals surface area contributed by atoms with Gasteiger partial charge in [0, 0.05) is 36.7 Å². The molecule has 1 atom stereocenters. The molecule has 0 radical (unpaired) electrons. The Morgan fingerprint density at radius 3 is 1.88 bits per heavy atom. The van der Waals surface area contributed by atoms with Crippen LogP contribution in [0.5, 0.6) is 0 Å². The zero-order valence-electron chi connectivity index (χ0n) is 16.6. The minimum atomic E-state index is 0. The fraction of sp³-hybridized carbons (Fsp3) is 0.500. The normalized spacial score (nSPS) is 26.6. The van der Waals surface area contributed by atoms with Crippen molar-refractivity contribution >= 4 is 6.08 Å². The first-order valence-corrected chi connectivity index (χ1v) is 9.52. The quantitative estimate of drug-likeness (QED) is 0.387. The van der Waals surface area contributed by atoms with Crippen LogP contribution in [0, 0.1) is 5.41 Å². The Labute approximate surface area is 172 Å². The third-order valence-corrected chi connectivity index (χ3v) is 7.90. The number of fused-ring (bicyclic) bond motifs is 2. The molecule has 0 saturated heterocycles. The van der Waals surface area contributed by atoms with E-state index < -0.39 is 0 Å². The van der Waals surface area contributed by atoms with E-state index in [2.05, 4.69) is 65.8 Å². The summed E-state index contributed by atoms with van der Waals surface area (Å²) < 4.78 is 0. The van der Waals surface area contributed by atoms with Crippen molar-refractivity contribution in [3.05, 3.63) is 62.8 Å². The molecule has 0 aromatic heterocycles. The van der Waals surface area contributed by atoms with Gasteiger partial charge >= 0.3 is 0 Å². The third kappa shape index (κ3) is 2.34. The van der Waals surface area contributed by atoms with Gasteiger partial charge in [0.2, 0.25) is 0 Å². The van der Waals surface area contributed by atoms with Gasteiger partial charge in [-0.05, 0) is 86.8 Å². The van der Waals surface area contributed by atoms with Gasteiger partial charge in [0.15, 0.2) is 0 Å². The summed E-state index contributed by atoms with van der Waals surface area (Å²) in [5, 5.41) is 0. The summed E-state index contributed by atoms with van der Waals surface area (Å²) >= 11 is 0. The van der Waals surface area contributed by atoms with Crippen molar-refractivity contribution in [1.29, 1.82) is 0 Å². The van der Waals surface area contributed by atoms with Crippen LogP contribution < -0.4 is 0 Å². The van der Waals surface area contributed by atoms with E-state index in [1.54, 1.807) is 27.8 Å². The fourth-order valence-corrected chi connectivity index (χ4v) is 5.55. The van der Waals surface area contributed by atoms with Crippen LogP contribution >= 0.6 is 0 Å². The Balaban J connectivity index is 0.00000182. The molecule has 0 bridgehead atoms. The molecule has 1 aromatic carbocycles. The molecular weight excluding hydrogens is 467 g/mol. The second-order valence-corrected chi connectivity index (χ2v) is 8.58. The Bertz CT molecular complexity index is 810. The molecule has 25 heavy (non-hydrogen) atoms. The summed E-state index contributed by atoms with van der Waals surface area (Å²) in [6, 6.07) is 5.04. The van der Waals surface area contributed by atoms with E-state index in [0.717, 1.165) is 0 Å². The molecule has 3 aliphatic rings. The molecule has 0 saturated carbocycles. The van der Waals surface area contributed by atoms with Crippen LogP contribution in [0.2, 0.25) is 0 Å². The standard InChI is InChI=1S/C24H30.Hf/c1-15-16(2)18(4)24(6,17(15)3)23(5)12-11-21-13-19-9-7-8-10-20(19)14-22(21)23;/h11-14H,7-10H2,1-6H3;. The van der Waals surface area contributed by atoms with Crippen molar-refractivity contribution in [3.8, 4) is 0 Å². The van der Waals surface area contributed by atoms with E-state index in [1.165, 1.54) is 42.4 Å². The molecule has 0 spiro atoms. The molecule has 0 aliphatic heterocycles. The van der Waals surface area contributed by atoms with Crippen LogP contribution in [-0.4, -0.2) is 0 Å². The number of allylic oxidation sites excluding steroid dienone is 5. The van der Waals surface area contributed by atoms with Crippen LogP contribution in [0.4, 0.5) is 0 Å². The Hall–Kier alpha value is -0.690.